The molecule has 2 rings (SSSR count). The zero-order valence-electron chi connectivity index (χ0n) is 13.7. The van der Waals surface area contributed by atoms with Crippen molar-refractivity contribution in [2.45, 2.75) is 32.5 Å². The number of hydrogen-bond donors (Lipinski definition) is 2. The highest BCUT2D eigenvalue weighted by Crippen LogP contribution is 2.36. The smallest absolute Gasteiger partial charge is 0.364 e. The van der Waals surface area contributed by atoms with Crippen molar-refractivity contribution in [3.05, 3.63) is 46.9 Å². The fourth-order valence-electron chi connectivity index (χ4n) is 1.91. The molecule has 1 amide bonds. The van der Waals surface area contributed by atoms with Gasteiger partial charge in [0.05, 0.1) is 23.0 Å². The minimum Gasteiger partial charge on any atom is -0.364 e. The van der Waals surface area contributed by atoms with E-state index in [1.54, 1.807) is 0 Å². The van der Waals surface area contributed by atoms with Gasteiger partial charge < -0.3 is 10.6 Å². The highest BCUT2D eigenvalue weighted by Gasteiger charge is 2.33. The molecule has 1 heterocycles. The average molecular weight is 373 g/mol. The lowest BCUT2D eigenvalue weighted by Gasteiger charge is -2.20. The largest absolute Gasteiger partial charge is 0.417 e. The van der Waals surface area contributed by atoms with Gasteiger partial charge in [-0.2, -0.15) is 13.2 Å². The summed E-state index contributed by atoms with van der Waals surface area (Å²) < 4.78 is 38.5. The SMILES string of the molecule is CC(C)(C)Nc1cnc(C(=O)Nc2ccc(Cl)c(C(F)(F)F)c2)cn1. The van der Waals surface area contributed by atoms with Gasteiger partial charge in [0.25, 0.3) is 5.91 Å². The van der Waals surface area contributed by atoms with Crippen LogP contribution in [0, 0.1) is 0 Å². The predicted octanol–water partition coefficient (Wildman–Crippen LogP) is 4.61. The summed E-state index contributed by atoms with van der Waals surface area (Å²) >= 11 is 5.54. The minimum absolute atomic E-state index is 0.0250. The van der Waals surface area contributed by atoms with Gasteiger partial charge in [0, 0.05) is 11.2 Å². The number of carbonyl (C=O) groups excluding carboxylic acids is 1. The zero-order valence-corrected chi connectivity index (χ0v) is 14.5. The Bertz CT molecular complexity index is 770. The summed E-state index contributed by atoms with van der Waals surface area (Å²) in [5, 5.41) is 4.99. The molecule has 0 spiro atoms. The number of nitrogens with zero attached hydrogens (tertiary/aromatic N) is 2. The first-order valence-corrected chi connectivity index (χ1v) is 7.62. The second kappa shape index (κ2) is 6.87. The second-order valence-electron chi connectivity index (χ2n) is 6.31. The van der Waals surface area contributed by atoms with Crippen molar-refractivity contribution in [1.82, 2.24) is 9.97 Å². The maximum absolute atomic E-state index is 12.8. The quantitative estimate of drug-likeness (QED) is 0.825. The first kappa shape index (κ1) is 19.0. The van der Waals surface area contributed by atoms with Gasteiger partial charge in [-0.05, 0) is 39.0 Å². The maximum atomic E-state index is 12.8. The van der Waals surface area contributed by atoms with Crippen LogP contribution in [0.2, 0.25) is 5.02 Å². The molecule has 2 N–H and O–H groups in total. The van der Waals surface area contributed by atoms with Crippen LogP contribution >= 0.6 is 11.6 Å². The normalized spacial score (nSPS) is 12.0. The Morgan fingerprint density at radius 3 is 2.32 bits per heavy atom. The molecule has 5 nitrogen and oxygen atoms in total. The van der Waals surface area contributed by atoms with Crippen LogP contribution < -0.4 is 10.6 Å². The summed E-state index contributed by atoms with van der Waals surface area (Å²) in [4.78, 5) is 20.1. The van der Waals surface area contributed by atoms with Crippen LogP contribution in [0.3, 0.4) is 0 Å². The van der Waals surface area contributed by atoms with Gasteiger partial charge in [0.15, 0.2) is 0 Å². The van der Waals surface area contributed by atoms with Crippen molar-refractivity contribution in [1.29, 1.82) is 0 Å². The Labute approximate surface area is 147 Å². The summed E-state index contributed by atoms with van der Waals surface area (Å²) in [6.07, 6.45) is -1.99. The molecule has 1 aromatic heterocycles. The molecule has 2 aromatic rings. The summed E-state index contributed by atoms with van der Waals surface area (Å²) in [5.41, 5.74) is -1.32. The van der Waals surface area contributed by atoms with E-state index in [0.717, 1.165) is 12.1 Å². The van der Waals surface area contributed by atoms with Crippen LogP contribution in [0.5, 0.6) is 0 Å². The number of nitrogens with one attached hydrogen (secondary N) is 2. The number of rotatable bonds is 3. The van der Waals surface area contributed by atoms with Crippen molar-refractivity contribution in [3.8, 4) is 0 Å². The fourth-order valence-corrected chi connectivity index (χ4v) is 2.13. The molecular formula is C16H16ClF3N4O. The standard InChI is InChI=1S/C16H16ClF3N4O/c1-15(2,3)24-13-8-21-12(7-22-13)14(25)23-9-4-5-11(17)10(6-9)16(18,19)20/h4-8H,1-3H3,(H,22,24)(H,23,25). The second-order valence-corrected chi connectivity index (χ2v) is 6.72. The molecule has 0 fully saturated rings. The van der Waals surface area contributed by atoms with Gasteiger partial charge >= 0.3 is 6.18 Å². The first-order chi connectivity index (χ1) is 11.5. The Morgan fingerprint density at radius 1 is 1.12 bits per heavy atom. The number of alkyl halides is 3. The highest BCUT2D eigenvalue weighted by atomic mass is 35.5. The van der Waals surface area contributed by atoms with E-state index in [2.05, 4.69) is 20.6 Å². The summed E-state index contributed by atoms with van der Waals surface area (Å²) in [6.45, 7) is 5.82. The molecule has 134 valence electrons. The van der Waals surface area contributed by atoms with Crippen LogP contribution in [0.1, 0.15) is 36.8 Å². The molecule has 0 saturated heterocycles. The van der Waals surface area contributed by atoms with E-state index < -0.39 is 22.7 Å². The monoisotopic (exact) mass is 372 g/mol. The molecule has 0 unspecified atom stereocenters. The third kappa shape index (κ3) is 5.32. The number of benzene rings is 1. The van der Waals surface area contributed by atoms with E-state index >= 15 is 0 Å². The van der Waals surface area contributed by atoms with Crippen molar-refractivity contribution in [2.24, 2.45) is 0 Å². The molecule has 0 radical (unpaired) electrons. The molecule has 1 aromatic carbocycles. The van der Waals surface area contributed by atoms with E-state index in [-0.39, 0.29) is 16.9 Å². The molecule has 0 aliphatic carbocycles. The Morgan fingerprint density at radius 2 is 1.80 bits per heavy atom. The van der Waals surface area contributed by atoms with Crippen LogP contribution in [0.15, 0.2) is 30.6 Å². The number of amides is 1. The third-order valence-electron chi connectivity index (χ3n) is 2.92. The lowest BCUT2D eigenvalue weighted by atomic mass is 10.1. The molecule has 9 heteroatoms. The van der Waals surface area contributed by atoms with Gasteiger partial charge in [-0.15, -0.1) is 0 Å². The van der Waals surface area contributed by atoms with Gasteiger partial charge in [-0.1, -0.05) is 11.6 Å². The Hall–Kier alpha value is -2.35. The lowest BCUT2D eigenvalue weighted by molar-refractivity contribution is -0.137. The number of hydrogen-bond acceptors (Lipinski definition) is 4. The lowest BCUT2D eigenvalue weighted by Crippen LogP contribution is -2.27. The number of halogens is 4. The van der Waals surface area contributed by atoms with Crippen LogP contribution in [-0.4, -0.2) is 21.4 Å². The van der Waals surface area contributed by atoms with E-state index in [9.17, 15) is 18.0 Å². The molecule has 0 aliphatic rings. The maximum Gasteiger partial charge on any atom is 0.417 e. The van der Waals surface area contributed by atoms with Gasteiger partial charge in [-0.25, -0.2) is 9.97 Å². The number of anilines is 2. The van der Waals surface area contributed by atoms with E-state index in [4.69, 9.17) is 11.6 Å². The molecule has 0 aliphatic heterocycles. The first-order valence-electron chi connectivity index (χ1n) is 7.24. The van der Waals surface area contributed by atoms with E-state index in [1.807, 2.05) is 20.8 Å². The number of aromatic nitrogens is 2. The van der Waals surface area contributed by atoms with Crippen molar-refractivity contribution >= 4 is 29.0 Å². The van der Waals surface area contributed by atoms with E-state index in [1.165, 1.54) is 18.5 Å². The average Bonchev–Trinajstić information content (AvgIpc) is 2.47. The Kier molecular flexibility index (Phi) is 5.22. The topological polar surface area (TPSA) is 66.9 Å². The zero-order chi connectivity index (χ0) is 18.8. The third-order valence-corrected chi connectivity index (χ3v) is 3.25. The highest BCUT2D eigenvalue weighted by molar-refractivity contribution is 6.31. The predicted molar refractivity (Wildman–Crippen MR) is 89.8 cm³/mol. The molecular weight excluding hydrogens is 357 g/mol. The molecule has 0 bridgehead atoms. The summed E-state index contributed by atoms with van der Waals surface area (Å²) in [7, 11) is 0. The van der Waals surface area contributed by atoms with Gasteiger partial charge in [0.1, 0.15) is 11.5 Å². The molecule has 0 saturated carbocycles. The van der Waals surface area contributed by atoms with E-state index in [0.29, 0.717) is 5.82 Å². The summed E-state index contributed by atoms with van der Waals surface area (Å²) in [5.74, 6) is -0.194. The van der Waals surface area contributed by atoms with Gasteiger partial charge in [-0.3, -0.25) is 4.79 Å². The van der Waals surface area contributed by atoms with Crippen molar-refractivity contribution in [2.75, 3.05) is 10.6 Å². The molecule has 25 heavy (non-hydrogen) atoms. The Balaban J connectivity index is 2.15. The molecule has 0 atom stereocenters. The number of carbonyl (C=O) groups is 1. The summed E-state index contributed by atoms with van der Waals surface area (Å²) in [6, 6.07) is 3.11. The minimum atomic E-state index is -4.61. The van der Waals surface area contributed by atoms with Crippen molar-refractivity contribution in [3.63, 3.8) is 0 Å². The fraction of sp³-hybridized carbons (Fsp3) is 0.312. The van der Waals surface area contributed by atoms with Crippen LogP contribution in [0.4, 0.5) is 24.7 Å². The van der Waals surface area contributed by atoms with Crippen LogP contribution in [-0.2, 0) is 6.18 Å². The van der Waals surface area contributed by atoms with Crippen molar-refractivity contribution < 1.29 is 18.0 Å². The van der Waals surface area contributed by atoms with Crippen LogP contribution in [0.25, 0.3) is 0 Å². The van der Waals surface area contributed by atoms with Gasteiger partial charge in [0.2, 0.25) is 0 Å².